The number of carbonyl (C=O) groups excluding carboxylic acids is 1. The van der Waals surface area contributed by atoms with E-state index in [9.17, 15) is 4.79 Å². The van der Waals surface area contributed by atoms with Crippen molar-refractivity contribution in [2.45, 2.75) is 19.5 Å². The Kier molecular flexibility index (Phi) is 4.55. The molecule has 0 spiro atoms. The molecule has 1 fully saturated rings. The van der Waals surface area contributed by atoms with Crippen LogP contribution in [0.15, 0.2) is 47.1 Å². The molecule has 2 aliphatic rings. The number of carbonyl (C=O) groups is 1. The average Bonchev–Trinajstić information content (AvgIpc) is 3.46. The van der Waals surface area contributed by atoms with Gasteiger partial charge < -0.3 is 19.0 Å². The minimum absolute atomic E-state index is 0.238. The third kappa shape index (κ3) is 3.51. The molecule has 5 rings (SSSR count). The molecular formula is C21H23N5O3. The summed E-state index contributed by atoms with van der Waals surface area (Å²) in [5, 5.41) is 11.4. The summed E-state index contributed by atoms with van der Waals surface area (Å²) in [4.78, 5) is 15.2. The number of anilines is 1. The number of hydrogen-bond donors (Lipinski definition) is 1. The van der Waals surface area contributed by atoms with Crippen LogP contribution in [0.25, 0.3) is 0 Å². The van der Waals surface area contributed by atoms with Gasteiger partial charge in [0.05, 0.1) is 19.9 Å². The Bertz CT molecular complexity index is 996. The van der Waals surface area contributed by atoms with Crippen LogP contribution in [0, 0.1) is 11.8 Å². The van der Waals surface area contributed by atoms with Gasteiger partial charge in [0, 0.05) is 31.7 Å². The van der Waals surface area contributed by atoms with Crippen LogP contribution in [0.2, 0.25) is 0 Å². The van der Waals surface area contributed by atoms with Crippen LogP contribution in [0.4, 0.5) is 5.69 Å². The number of nitrogens with one attached hydrogen (secondary N) is 1. The minimum Gasteiger partial charge on any atom is -0.497 e. The van der Waals surface area contributed by atoms with Gasteiger partial charge in [-0.3, -0.25) is 9.69 Å². The molecule has 0 aliphatic carbocycles. The summed E-state index contributed by atoms with van der Waals surface area (Å²) in [7, 11) is 1.61. The molecule has 1 saturated heterocycles. The molecule has 2 aromatic heterocycles. The zero-order chi connectivity index (χ0) is 19.8. The van der Waals surface area contributed by atoms with Gasteiger partial charge in [0.15, 0.2) is 0 Å². The highest BCUT2D eigenvalue weighted by Crippen LogP contribution is 2.33. The summed E-state index contributed by atoms with van der Waals surface area (Å²) in [6, 6.07) is 11.2. The number of rotatable bonds is 5. The molecule has 1 N–H and O–H groups in total. The number of fused-ring (bicyclic) bond motifs is 2. The predicted molar refractivity (Wildman–Crippen MR) is 106 cm³/mol. The second-order valence-electron chi connectivity index (χ2n) is 7.73. The van der Waals surface area contributed by atoms with Crippen LogP contribution >= 0.6 is 0 Å². The van der Waals surface area contributed by atoms with E-state index in [1.807, 2.05) is 41.0 Å². The molecule has 0 radical (unpaired) electrons. The third-order valence-electron chi connectivity index (χ3n) is 5.85. The van der Waals surface area contributed by atoms with Gasteiger partial charge in [-0.1, -0.05) is 0 Å². The minimum atomic E-state index is -0.238. The number of amides is 1. The lowest BCUT2D eigenvalue weighted by atomic mass is 9.89. The van der Waals surface area contributed by atoms with Crippen molar-refractivity contribution >= 4 is 11.6 Å². The number of furan rings is 1. The summed E-state index contributed by atoms with van der Waals surface area (Å²) in [5.74, 6) is 3.79. The zero-order valence-electron chi connectivity index (χ0n) is 16.2. The maximum absolute atomic E-state index is 12.8. The van der Waals surface area contributed by atoms with Gasteiger partial charge in [-0.2, -0.15) is 0 Å². The smallest absolute Gasteiger partial charge is 0.293 e. The van der Waals surface area contributed by atoms with E-state index in [-0.39, 0.29) is 5.91 Å². The number of likely N-dealkylation sites (tertiary alicyclic amines) is 1. The second kappa shape index (κ2) is 7.36. The maximum atomic E-state index is 12.8. The Morgan fingerprint density at radius 1 is 1.17 bits per heavy atom. The van der Waals surface area contributed by atoms with Crippen LogP contribution in [0.3, 0.4) is 0 Å². The first-order valence-corrected chi connectivity index (χ1v) is 9.82. The van der Waals surface area contributed by atoms with Crippen molar-refractivity contribution < 1.29 is 13.9 Å². The van der Waals surface area contributed by atoms with Crippen molar-refractivity contribution in [2.75, 3.05) is 25.5 Å². The van der Waals surface area contributed by atoms with Crippen molar-refractivity contribution in [2.24, 2.45) is 11.8 Å². The number of methoxy groups -OCH3 is 1. The normalized spacial score (nSPS) is 20.9. The van der Waals surface area contributed by atoms with E-state index in [0.717, 1.165) is 49.9 Å². The summed E-state index contributed by atoms with van der Waals surface area (Å²) in [5.41, 5.74) is 0.701. The molecule has 1 aromatic carbocycles. The van der Waals surface area contributed by atoms with Crippen molar-refractivity contribution in [1.82, 2.24) is 19.7 Å². The first kappa shape index (κ1) is 17.9. The third-order valence-corrected chi connectivity index (χ3v) is 5.85. The van der Waals surface area contributed by atoms with E-state index < -0.39 is 0 Å². The monoisotopic (exact) mass is 393 g/mol. The molecule has 8 nitrogen and oxygen atoms in total. The van der Waals surface area contributed by atoms with Crippen molar-refractivity contribution in [3.8, 4) is 5.75 Å². The van der Waals surface area contributed by atoms with Gasteiger partial charge in [-0.05, 0) is 48.2 Å². The van der Waals surface area contributed by atoms with Gasteiger partial charge in [-0.15, -0.1) is 10.2 Å². The largest absolute Gasteiger partial charge is 0.497 e. The Balaban J connectivity index is 1.27. The standard InChI is InChI=1S/C21H23N5O3/c1-28-17-6-4-16(5-7-17)22-21(27)20-24-23-19-9-14-10-25(11-15(14)12-26(19)20)13-18-3-2-8-29-18/h2-8,14-15H,9-13H2,1H3,(H,22,27)/t14-,15-/m0/s1. The Morgan fingerprint density at radius 2 is 2.00 bits per heavy atom. The van der Waals surface area contributed by atoms with Crippen molar-refractivity contribution in [3.05, 3.63) is 60.1 Å². The molecular weight excluding hydrogens is 370 g/mol. The molecule has 150 valence electrons. The van der Waals surface area contributed by atoms with Gasteiger partial charge in [0.2, 0.25) is 5.82 Å². The fourth-order valence-electron chi connectivity index (χ4n) is 4.40. The molecule has 0 unspecified atom stereocenters. The van der Waals surface area contributed by atoms with Crippen LogP contribution in [-0.4, -0.2) is 45.8 Å². The average molecular weight is 393 g/mol. The Labute approximate surface area is 168 Å². The van der Waals surface area contributed by atoms with Crippen LogP contribution in [0.5, 0.6) is 5.75 Å². The van der Waals surface area contributed by atoms with Crippen molar-refractivity contribution in [1.29, 1.82) is 0 Å². The van der Waals surface area contributed by atoms with E-state index in [1.165, 1.54) is 0 Å². The fourth-order valence-corrected chi connectivity index (χ4v) is 4.40. The number of nitrogens with zero attached hydrogens (tertiary/aromatic N) is 4. The molecule has 29 heavy (non-hydrogen) atoms. The SMILES string of the molecule is COc1ccc(NC(=O)c2nnc3n2C[C@@H]2CN(Cc4ccco4)C[C@@H]2C3)cc1. The summed E-state index contributed by atoms with van der Waals surface area (Å²) in [6.45, 7) is 3.60. The number of ether oxygens (including phenoxy) is 1. The molecule has 1 amide bonds. The summed E-state index contributed by atoms with van der Waals surface area (Å²) < 4.78 is 12.6. The van der Waals surface area contributed by atoms with Gasteiger partial charge >= 0.3 is 0 Å². The fraction of sp³-hybridized carbons (Fsp3) is 0.381. The highest BCUT2D eigenvalue weighted by molar-refractivity contribution is 6.01. The summed E-state index contributed by atoms with van der Waals surface area (Å²) >= 11 is 0. The zero-order valence-corrected chi connectivity index (χ0v) is 16.2. The van der Waals surface area contributed by atoms with E-state index in [1.54, 1.807) is 13.4 Å². The van der Waals surface area contributed by atoms with Crippen molar-refractivity contribution in [3.63, 3.8) is 0 Å². The predicted octanol–water partition coefficient (Wildman–Crippen LogP) is 2.44. The second-order valence-corrected chi connectivity index (χ2v) is 7.73. The Hall–Kier alpha value is -3.13. The van der Waals surface area contributed by atoms with Crippen LogP contribution < -0.4 is 10.1 Å². The molecule has 3 aromatic rings. The van der Waals surface area contributed by atoms with Gasteiger partial charge in [0.1, 0.15) is 17.3 Å². The highest BCUT2D eigenvalue weighted by Gasteiger charge is 2.39. The number of benzene rings is 1. The molecule has 2 atom stereocenters. The van der Waals surface area contributed by atoms with E-state index in [4.69, 9.17) is 9.15 Å². The lowest BCUT2D eigenvalue weighted by molar-refractivity contribution is 0.100. The summed E-state index contributed by atoms with van der Waals surface area (Å²) in [6.07, 6.45) is 2.57. The van der Waals surface area contributed by atoms with E-state index in [2.05, 4.69) is 20.4 Å². The first-order valence-electron chi connectivity index (χ1n) is 9.82. The van der Waals surface area contributed by atoms with E-state index >= 15 is 0 Å². The first-order chi connectivity index (χ1) is 14.2. The lowest BCUT2D eigenvalue weighted by Gasteiger charge is -2.25. The van der Waals surface area contributed by atoms with Gasteiger partial charge in [0.25, 0.3) is 5.91 Å². The number of hydrogen-bond acceptors (Lipinski definition) is 6. The molecule has 8 heteroatoms. The molecule has 4 heterocycles. The topological polar surface area (TPSA) is 85.4 Å². The molecule has 0 saturated carbocycles. The van der Waals surface area contributed by atoms with Gasteiger partial charge in [-0.25, -0.2) is 0 Å². The van der Waals surface area contributed by atoms with Crippen LogP contribution in [0.1, 0.15) is 22.2 Å². The number of aromatic nitrogens is 3. The van der Waals surface area contributed by atoms with E-state index in [0.29, 0.717) is 23.3 Å². The molecule has 0 bridgehead atoms. The quantitative estimate of drug-likeness (QED) is 0.717. The highest BCUT2D eigenvalue weighted by atomic mass is 16.5. The Morgan fingerprint density at radius 3 is 2.76 bits per heavy atom. The van der Waals surface area contributed by atoms with Crippen LogP contribution in [-0.2, 0) is 19.5 Å². The lowest BCUT2D eigenvalue weighted by Crippen LogP contribution is -2.31. The molecule has 2 aliphatic heterocycles. The maximum Gasteiger partial charge on any atom is 0.293 e.